The van der Waals surface area contributed by atoms with Crippen LogP contribution < -0.4 is 10.2 Å². The zero-order valence-corrected chi connectivity index (χ0v) is 9.69. The molecule has 1 aromatic heterocycles. The molecule has 2 N–H and O–H groups in total. The molecule has 1 aliphatic rings. The number of hydrogen-bond acceptors (Lipinski definition) is 4. The van der Waals surface area contributed by atoms with Crippen LogP contribution in [-0.4, -0.2) is 35.8 Å². The maximum Gasteiger partial charge on any atom is 0.127 e. The van der Waals surface area contributed by atoms with Crippen LogP contribution in [0.3, 0.4) is 0 Å². The molecule has 0 aromatic carbocycles. The third-order valence-electron chi connectivity index (χ3n) is 2.86. The molecular weight excluding hydrogens is 202 g/mol. The van der Waals surface area contributed by atoms with Gasteiger partial charge in [-0.2, -0.15) is 0 Å². The molecule has 1 aromatic rings. The zero-order chi connectivity index (χ0) is 11.4. The van der Waals surface area contributed by atoms with Crippen molar-refractivity contribution in [1.82, 2.24) is 4.98 Å². The minimum absolute atomic E-state index is 0.190. The smallest absolute Gasteiger partial charge is 0.127 e. The predicted octanol–water partition coefficient (Wildman–Crippen LogP) is 1.47. The maximum atomic E-state index is 9.64. The minimum Gasteiger partial charge on any atom is -0.391 e. The molecule has 0 saturated carbocycles. The molecule has 0 spiro atoms. The number of hydrogen-bond donors (Lipinski definition) is 2. The fourth-order valence-electron chi connectivity index (χ4n) is 2.08. The highest BCUT2D eigenvalue weighted by Gasteiger charge is 2.17. The molecule has 88 valence electrons. The number of nitrogens with one attached hydrogen (secondary N) is 1. The standard InChI is InChI=1S/C12H19N3O/c1-2-13-12-8-10(5-6-14-12)15-7-3-4-11(16)9-15/h5-6,8,11,16H,2-4,7,9H2,1H3,(H,13,14). The third-order valence-corrected chi connectivity index (χ3v) is 2.86. The summed E-state index contributed by atoms with van der Waals surface area (Å²) >= 11 is 0. The molecule has 1 unspecified atom stereocenters. The Balaban J connectivity index is 2.09. The topological polar surface area (TPSA) is 48.4 Å². The van der Waals surface area contributed by atoms with E-state index in [2.05, 4.69) is 22.1 Å². The predicted molar refractivity (Wildman–Crippen MR) is 65.9 cm³/mol. The SMILES string of the molecule is CCNc1cc(N2CCCC(O)C2)ccn1. The van der Waals surface area contributed by atoms with E-state index in [-0.39, 0.29) is 6.10 Å². The van der Waals surface area contributed by atoms with Gasteiger partial charge in [0.1, 0.15) is 5.82 Å². The van der Waals surface area contributed by atoms with Gasteiger partial charge in [0.25, 0.3) is 0 Å². The first-order valence-electron chi connectivity index (χ1n) is 5.92. The summed E-state index contributed by atoms with van der Waals surface area (Å²) in [4.78, 5) is 6.46. The average molecular weight is 221 g/mol. The van der Waals surface area contributed by atoms with Crippen LogP contribution in [0.15, 0.2) is 18.3 Å². The Hall–Kier alpha value is -1.29. The van der Waals surface area contributed by atoms with Crippen molar-refractivity contribution in [3.05, 3.63) is 18.3 Å². The average Bonchev–Trinajstić information content (AvgIpc) is 2.30. The van der Waals surface area contributed by atoms with Crippen LogP contribution >= 0.6 is 0 Å². The van der Waals surface area contributed by atoms with Gasteiger partial charge in [0.15, 0.2) is 0 Å². The van der Waals surface area contributed by atoms with Crippen LogP contribution in [0.4, 0.5) is 11.5 Å². The van der Waals surface area contributed by atoms with Crippen LogP contribution in [0.25, 0.3) is 0 Å². The van der Waals surface area contributed by atoms with Crippen LogP contribution in [-0.2, 0) is 0 Å². The fraction of sp³-hybridized carbons (Fsp3) is 0.583. The van der Waals surface area contributed by atoms with Crippen LogP contribution in [0.5, 0.6) is 0 Å². The highest BCUT2D eigenvalue weighted by atomic mass is 16.3. The quantitative estimate of drug-likeness (QED) is 0.811. The van der Waals surface area contributed by atoms with E-state index in [1.807, 2.05) is 18.3 Å². The van der Waals surface area contributed by atoms with E-state index in [1.165, 1.54) is 0 Å². The number of nitrogens with zero attached hydrogens (tertiary/aromatic N) is 2. The highest BCUT2D eigenvalue weighted by molar-refractivity contribution is 5.54. The number of rotatable bonds is 3. The van der Waals surface area contributed by atoms with Gasteiger partial charge in [0.2, 0.25) is 0 Å². The van der Waals surface area contributed by atoms with Crippen molar-refractivity contribution in [3.63, 3.8) is 0 Å². The third kappa shape index (κ3) is 2.64. The van der Waals surface area contributed by atoms with E-state index in [0.717, 1.165) is 44.0 Å². The van der Waals surface area contributed by atoms with Crippen LogP contribution in [0, 0.1) is 0 Å². The van der Waals surface area contributed by atoms with Gasteiger partial charge in [0.05, 0.1) is 6.10 Å². The largest absolute Gasteiger partial charge is 0.391 e. The van der Waals surface area contributed by atoms with Gasteiger partial charge in [-0.05, 0) is 25.8 Å². The second-order valence-corrected chi connectivity index (χ2v) is 4.17. The lowest BCUT2D eigenvalue weighted by atomic mass is 10.1. The Morgan fingerprint density at radius 2 is 2.50 bits per heavy atom. The lowest BCUT2D eigenvalue weighted by Gasteiger charge is -2.32. The molecule has 0 amide bonds. The zero-order valence-electron chi connectivity index (χ0n) is 9.69. The Kier molecular flexibility index (Phi) is 3.62. The van der Waals surface area contributed by atoms with Gasteiger partial charge in [-0.25, -0.2) is 4.98 Å². The minimum atomic E-state index is -0.190. The molecular formula is C12H19N3O. The maximum absolute atomic E-state index is 9.64. The summed E-state index contributed by atoms with van der Waals surface area (Å²) in [5.41, 5.74) is 1.14. The highest BCUT2D eigenvalue weighted by Crippen LogP contribution is 2.21. The number of aromatic nitrogens is 1. The molecule has 4 nitrogen and oxygen atoms in total. The molecule has 0 bridgehead atoms. The van der Waals surface area contributed by atoms with E-state index in [1.54, 1.807) is 0 Å². The summed E-state index contributed by atoms with van der Waals surface area (Å²) < 4.78 is 0. The number of aliphatic hydroxyl groups excluding tert-OH is 1. The molecule has 2 heterocycles. The van der Waals surface area contributed by atoms with E-state index in [9.17, 15) is 5.11 Å². The lowest BCUT2D eigenvalue weighted by Crippen LogP contribution is -2.38. The van der Waals surface area contributed by atoms with Gasteiger partial charge in [-0.15, -0.1) is 0 Å². The summed E-state index contributed by atoms with van der Waals surface area (Å²) in [5.74, 6) is 0.903. The number of β-amino-alcohol motifs (C(OH)–C–C–N with tert-alkyl or cyclic N) is 1. The number of piperidine rings is 1. The van der Waals surface area contributed by atoms with Gasteiger partial charge < -0.3 is 15.3 Å². The molecule has 0 aliphatic carbocycles. The molecule has 1 atom stereocenters. The van der Waals surface area contributed by atoms with Gasteiger partial charge >= 0.3 is 0 Å². The second-order valence-electron chi connectivity index (χ2n) is 4.17. The first kappa shape index (κ1) is 11.2. The Morgan fingerprint density at radius 3 is 3.25 bits per heavy atom. The Bertz CT molecular complexity index is 343. The summed E-state index contributed by atoms with van der Waals surface area (Å²) in [6.45, 7) is 4.68. The summed E-state index contributed by atoms with van der Waals surface area (Å²) in [6.07, 6.45) is 3.60. The molecule has 1 fully saturated rings. The van der Waals surface area contributed by atoms with Crippen LogP contribution in [0.2, 0.25) is 0 Å². The first-order valence-corrected chi connectivity index (χ1v) is 5.92. The van der Waals surface area contributed by atoms with E-state index >= 15 is 0 Å². The van der Waals surface area contributed by atoms with Gasteiger partial charge in [0, 0.05) is 37.6 Å². The number of pyridine rings is 1. The molecule has 16 heavy (non-hydrogen) atoms. The molecule has 0 radical (unpaired) electrons. The Morgan fingerprint density at radius 1 is 1.62 bits per heavy atom. The van der Waals surface area contributed by atoms with Crippen molar-refractivity contribution in [2.45, 2.75) is 25.9 Å². The van der Waals surface area contributed by atoms with Crippen LogP contribution in [0.1, 0.15) is 19.8 Å². The summed E-state index contributed by atoms with van der Waals surface area (Å²) in [5, 5.41) is 12.8. The van der Waals surface area contributed by atoms with Crippen molar-refractivity contribution < 1.29 is 5.11 Å². The monoisotopic (exact) mass is 221 g/mol. The van der Waals surface area contributed by atoms with Crippen molar-refractivity contribution in [2.24, 2.45) is 0 Å². The van der Waals surface area contributed by atoms with Crippen molar-refractivity contribution in [1.29, 1.82) is 0 Å². The van der Waals surface area contributed by atoms with Gasteiger partial charge in [-0.1, -0.05) is 0 Å². The normalized spacial score (nSPS) is 20.9. The fourth-order valence-corrected chi connectivity index (χ4v) is 2.08. The molecule has 1 aliphatic heterocycles. The Labute approximate surface area is 96.3 Å². The van der Waals surface area contributed by atoms with Crippen molar-refractivity contribution in [2.75, 3.05) is 29.9 Å². The molecule has 2 rings (SSSR count). The first-order chi connectivity index (χ1) is 7.79. The summed E-state index contributed by atoms with van der Waals surface area (Å²) in [6, 6.07) is 4.04. The van der Waals surface area contributed by atoms with E-state index in [0.29, 0.717) is 0 Å². The van der Waals surface area contributed by atoms with E-state index in [4.69, 9.17) is 0 Å². The second kappa shape index (κ2) is 5.16. The molecule has 4 heteroatoms. The lowest BCUT2D eigenvalue weighted by molar-refractivity contribution is 0.154. The van der Waals surface area contributed by atoms with E-state index < -0.39 is 0 Å². The number of aliphatic hydroxyl groups is 1. The molecule has 1 saturated heterocycles. The number of anilines is 2. The van der Waals surface area contributed by atoms with Crippen molar-refractivity contribution >= 4 is 11.5 Å². The van der Waals surface area contributed by atoms with Gasteiger partial charge in [-0.3, -0.25) is 0 Å². The summed E-state index contributed by atoms with van der Waals surface area (Å²) in [7, 11) is 0. The van der Waals surface area contributed by atoms with Crippen molar-refractivity contribution in [3.8, 4) is 0 Å².